The van der Waals surface area contributed by atoms with Crippen molar-refractivity contribution < 1.29 is 4.39 Å². The van der Waals surface area contributed by atoms with Gasteiger partial charge < -0.3 is 5.32 Å². The van der Waals surface area contributed by atoms with E-state index in [1.54, 1.807) is 23.9 Å². The van der Waals surface area contributed by atoms with Crippen LogP contribution < -0.4 is 5.32 Å². The summed E-state index contributed by atoms with van der Waals surface area (Å²) in [5.74, 6) is 0.698. The predicted octanol–water partition coefficient (Wildman–Crippen LogP) is 4.15. The molecular weight excluding hydrogens is 257 g/mol. The van der Waals surface area contributed by atoms with E-state index in [2.05, 4.69) is 36.5 Å². The smallest absolute Gasteiger partial charge is 0.124 e. The van der Waals surface area contributed by atoms with Gasteiger partial charge in [-0.3, -0.25) is 0 Å². The second-order valence-electron chi connectivity index (χ2n) is 4.60. The van der Waals surface area contributed by atoms with Gasteiger partial charge in [-0.2, -0.15) is 0 Å². The van der Waals surface area contributed by atoms with Crippen molar-refractivity contribution in [2.45, 2.75) is 24.1 Å². The number of rotatable bonds is 5. The Morgan fingerprint density at radius 2 is 1.95 bits per heavy atom. The van der Waals surface area contributed by atoms with E-state index in [1.807, 2.05) is 13.1 Å². The summed E-state index contributed by atoms with van der Waals surface area (Å²) in [6.45, 7) is 2.77. The second-order valence-corrected chi connectivity index (χ2v) is 5.65. The van der Waals surface area contributed by atoms with Crippen molar-refractivity contribution in [2.24, 2.45) is 0 Å². The van der Waals surface area contributed by atoms with Crippen LogP contribution in [0.25, 0.3) is 0 Å². The van der Waals surface area contributed by atoms with Crippen molar-refractivity contribution in [3.8, 4) is 0 Å². The average Bonchev–Trinajstić information content (AvgIpc) is 2.36. The summed E-state index contributed by atoms with van der Waals surface area (Å²) < 4.78 is 13.5. The maximum Gasteiger partial charge on any atom is 0.124 e. The number of benzene rings is 2. The first-order valence-electron chi connectivity index (χ1n) is 6.30. The quantitative estimate of drug-likeness (QED) is 0.823. The van der Waals surface area contributed by atoms with Crippen LogP contribution in [-0.4, -0.2) is 7.05 Å². The van der Waals surface area contributed by atoms with Crippen molar-refractivity contribution >= 4 is 11.8 Å². The molecular formula is C16H18FNS. The molecule has 1 nitrogen and oxygen atoms in total. The zero-order chi connectivity index (χ0) is 13.7. The van der Waals surface area contributed by atoms with Crippen molar-refractivity contribution in [2.75, 3.05) is 7.05 Å². The van der Waals surface area contributed by atoms with Crippen LogP contribution in [0.15, 0.2) is 47.4 Å². The van der Waals surface area contributed by atoms with Crippen molar-refractivity contribution in [3.63, 3.8) is 0 Å². The summed E-state index contributed by atoms with van der Waals surface area (Å²) >= 11 is 1.67. The lowest BCUT2D eigenvalue weighted by Crippen LogP contribution is -2.05. The number of nitrogens with one attached hydrogen (secondary N) is 1. The van der Waals surface area contributed by atoms with Crippen LogP contribution in [0.3, 0.4) is 0 Å². The molecule has 0 saturated heterocycles. The van der Waals surface area contributed by atoms with E-state index in [0.717, 1.165) is 16.2 Å². The van der Waals surface area contributed by atoms with E-state index in [-0.39, 0.29) is 5.82 Å². The largest absolute Gasteiger partial charge is 0.316 e. The Kier molecular flexibility index (Phi) is 5.00. The van der Waals surface area contributed by atoms with Gasteiger partial charge >= 0.3 is 0 Å². The zero-order valence-corrected chi connectivity index (χ0v) is 12.1. The van der Waals surface area contributed by atoms with Gasteiger partial charge in [0, 0.05) is 17.2 Å². The molecule has 0 radical (unpaired) electrons. The molecule has 100 valence electrons. The summed E-state index contributed by atoms with van der Waals surface area (Å²) in [4.78, 5) is 0.978. The molecule has 2 aromatic rings. The summed E-state index contributed by atoms with van der Waals surface area (Å²) in [5, 5.41) is 3.04. The van der Waals surface area contributed by atoms with E-state index in [0.29, 0.717) is 6.54 Å². The monoisotopic (exact) mass is 275 g/mol. The third-order valence-electron chi connectivity index (χ3n) is 2.80. The fourth-order valence-electron chi connectivity index (χ4n) is 1.98. The highest BCUT2D eigenvalue weighted by Crippen LogP contribution is 2.25. The topological polar surface area (TPSA) is 12.0 Å². The molecule has 0 fully saturated rings. The summed E-state index contributed by atoms with van der Waals surface area (Å²) in [5.41, 5.74) is 3.51. The maximum atomic E-state index is 13.5. The number of aryl methyl sites for hydroxylation is 1. The van der Waals surface area contributed by atoms with Gasteiger partial charge in [0.25, 0.3) is 0 Å². The molecule has 2 rings (SSSR count). The summed E-state index contributed by atoms with van der Waals surface area (Å²) in [7, 11) is 1.87. The Balaban J connectivity index is 2.06. The van der Waals surface area contributed by atoms with Gasteiger partial charge in [-0.25, -0.2) is 4.39 Å². The Labute approximate surface area is 118 Å². The molecule has 0 aliphatic carbocycles. The molecule has 0 aromatic heterocycles. The van der Waals surface area contributed by atoms with Gasteiger partial charge in [-0.1, -0.05) is 29.8 Å². The third kappa shape index (κ3) is 4.37. The molecule has 1 N–H and O–H groups in total. The highest BCUT2D eigenvalue weighted by molar-refractivity contribution is 7.98. The Morgan fingerprint density at radius 1 is 1.11 bits per heavy atom. The fraction of sp³-hybridized carbons (Fsp3) is 0.250. The van der Waals surface area contributed by atoms with Gasteiger partial charge in [0.1, 0.15) is 5.82 Å². The Hall–Kier alpha value is -1.32. The molecule has 19 heavy (non-hydrogen) atoms. The first-order chi connectivity index (χ1) is 9.17. The average molecular weight is 275 g/mol. The molecule has 0 bridgehead atoms. The minimum atomic E-state index is -0.167. The second kappa shape index (κ2) is 6.73. The summed E-state index contributed by atoms with van der Waals surface area (Å²) in [6, 6.07) is 13.6. The summed E-state index contributed by atoms with van der Waals surface area (Å²) in [6.07, 6.45) is 0. The number of hydrogen-bond donors (Lipinski definition) is 1. The molecule has 0 atom stereocenters. The lowest BCUT2D eigenvalue weighted by atomic mass is 10.2. The molecule has 0 aliphatic rings. The van der Waals surface area contributed by atoms with E-state index in [4.69, 9.17) is 0 Å². The van der Waals surface area contributed by atoms with Crippen molar-refractivity contribution in [3.05, 3.63) is 65.0 Å². The van der Waals surface area contributed by atoms with Crippen molar-refractivity contribution in [1.29, 1.82) is 0 Å². The van der Waals surface area contributed by atoms with Crippen LogP contribution in [-0.2, 0) is 12.3 Å². The first kappa shape index (κ1) is 14.1. The first-order valence-corrected chi connectivity index (χ1v) is 7.28. The molecule has 2 aromatic carbocycles. The van der Waals surface area contributed by atoms with Gasteiger partial charge in [0.15, 0.2) is 0 Å². The van der Waals surface area contributed by atoms with Crippen LogP contribution in [0, 0.1) is 12.7 Å². The number of halogens is 1. The van der Waals surface area contributed by atoms with Crippen LogP contribution in [0.2, 0.25) is 0 Å². The molecule has 3 heteroatoms. The molecule has 0 amide bonds. The SMILES string of the molecule is CNCc1cc(F)cc(SCc2cccc(C)c2)c1. The Bertz CT molecular complexity index is 554. The highest BCUT2D eigenvalue weighted by atomic mass is 32.2. The van der Waals surface area contributed by atoms with E-state index < -0.39 is 0 Å². The lowest BCUT2D eigenvalue weighted by molar-refractivity contribution is 0.619. The van der Waals surface area contributed by atoms with Crippen LogP contribution >= 0.6 is 11.8 Å². The Morgan fingerprint density at radius 3 is 2.68 bits per heavy atom. The lowest BCUT2D eigenvalue weighted by Gasteiger charge is -2.06. The van der Waals surface area contributed by atoms with Crippen LogP contribution in [0.1, 0.15) is 16.7 Å². The predicted molar refractivity (Wildman–Crippen MR) is 79.9 cm³/mol. The molecule has 0 spiro atoms. The zero-order valence-electron chi connectivity index (χ0n) is 11.2. The maximum absolute atomic E-state index is 13.5. The van der Waals surface area contributed by atoms with E-state index in [9.17, 15) is 4.39 Å². The third-order valence-corrected chi connectivity index (χ3v) is 3.85. The number of thioether (sulfide) groups is 1. The van der Waals surface area contributed by atoms with Gasteiger partial charge in [0.05, 0.1) is 0 Å². The number of hydrogen-bond acceptors (Lipinski definition) is 2. The standard InChI is InChI=1S/C16H18FNS/c1-12-4-3-5-13(6-12)11-19-16-8-14(10-18-2)7-15(17)9-16/h3-9,18H,10-11H2,1-2H3. The van der Waals surface area contributed by atoms with E-state index in [1.165, 1.54) is 11.1 Å². The van der Waals surface area contributed by atoms with E-state index >= 15 is 0 Å². The van der Waals surface area contributed by atoms with Gasteiger partial charge in [-0.05, 0) is 43.3 Å². The normalized spacial score (nSPS) is 10.7. The minimum Gasteiger partial charge on any atom is -0.316 e. The van der Waals surface area contributed by atoms with Crippen LogP contribution in [0.5, 0.6) is 0 Å². The highest BCUT2D eigenvalue weighted by Gasteiger charge is 2.02. The van der Waals surface area contributed by atoms with Crippen LogP contribution in [0.4, 0.5) is 4.39 Å². The van der Waals surface area contributed by atoms with Gasteiger partial charge in [0.2, 0.25) is 0 Å². The molecule has 0 saturated carbocycles. The molecule has 0 heterocycles. The molecule has 0 unspecified atom stereocenters. The minimum absolute atomic E-state index is 0.167. The molecule has 0 aliphatic heterocycles. The van der Waals surface area contributed by atoms with Crippen molar-refractivity contribution in [1.82, 2.24) is 5.32 Å². The fourth-order valence-corrected chi connectivity index (χ4v) is 2.92. The van der Waals surface area contributed by atoms with Gasteiger partial charge in [-0.15, -0.1) is 11.8 Å².